The number of methoxy groups -OCH3 is 2. The third-order valence-corrected chi connectivity index (χ3v) is 5.72. The lowest BCUT2D eigenvalue weighted by molar-refractivity contribution is 0.101. The van der Waals surface area contributed by atoms with Gasteiger partial charge in [-0.05, 0) is 30.0 Å². The van der Waals surface area contributed by atoms with Crippen molar-refractivity contribution >= 4 is 28.9 Å². The number of hydrogen-bond acceptors (Lipinski definition) is 7. The Kier molecular flexibility index (Phi) is 6.30. The molecule has 0 atom stereocenters. The van der Waals surface area contributed by atoms with Crippen LogP contribution in [-0.4, -0.2) is 40.5 Å². The minimum atomic E-state index is -0.0256. The van der Waals surface area contributed by atoms with Gasteiger partial charge in [-0.1, -0.05) is 17.8 Å². The van der Waals surface area contributed by atoms with E-state index in [0.29, 0.717) is 17.1 Å². The van der Waals surface area contributed by atoms with Crippen LogP contribution in [0.2, 0.25) is 0 Å². The molecular formula is C18H19N3O3S2. The molecule has 0 amide bonds. The van der Waals surface area contributed by atoms with E-state index in [9.17, 15) is 4.79 Å². The predicted molar refractivity (Wildman–Crippen MR) is 103 cm³/mol. The Labute approximate surface area is 160 Å². The van der Waals surface area contributed by atoms with E-state index in [1.54, 1.807) is 50.1 Å². The molecule has 0 radical (unpaired) electrons. The molecule has 2 aromatic heterocycles. The summed E-state index contributed by atoms with van der Waals surface area (Å²) in [6.45, 7) is 0.788. The van der Waals surface area contributed by atoms with Gasteiger partial charge in [0.05, 0.1) is 25.5 Å². The van der Waals surface area contributed by atoms with Crippen molar-refractivity contribution in [3.8, 4) is 11.5 Å². The highest BCUT2D eigenvalue weighted by atomic mass is 32.2. The van der Waals surface area contributed by atoms with Gasteiger partial charge in [-0.25, -0.2) is 0 Å². The van der Waals surface area contributed by atoms with E-state index >= 15 is 0 Å². The number of ketones is 1. The number of benzene rings is 1. The molecule has 0 aliphatic heterocycles. The summed E-state index contributed by atoms with van der Waals surface area (Å²) in [5.41, 5.74) is 0.533. The van der Waals surface area contributed by atoms with Crippen LogP contribution in [0.4, 0.5) is 0 Å². The number of carbonyl (C=O) groups is 1. The lowest BCUT2D eigenvalue weighted by atomic mass is 10.1. The summed E-state index contributed by atoms with van der Waals surface area (Å²) in [5, 5.41) is 10.9. The Morgan fingerprint density at radius 2 is 2.15 bits per heavy atom. The smallest absolute Gasteiger partial charge is 0.191 e. The minimum absolute atomic E-state index is 0.0256. The normalized spacial score (nSPS) is 10.7. The van der Waals surface area contributed by atoms with E-state index in [4.69, 9.17) is 9.47 Å². The average Bonchev–Trinajstić information content (AvgIpc) is 3.35. The zero-order valence-electron chi connectivity index (χ0n) is 14.5. The molecule has 0 saturated carbocycles. The number of carbonyl (C=O) groups excluding carboxylic acids is 1. The number of nitrogens with zero attached hydrogens (tertiary/aromatic N) is 3. The number of hydrogen-bond donors (Lipinski definition) is 0. The molecular weight excluding hydrogens is 370 g/mol. The van der Waals surface area contributed by atoms with Gasteiger partial charge in [0.2, 0.25) is 0 Å². The van der Waals surface area contributed by atoms with E-state index in [1.165, 1.54) is 16.6 Å². The van der Waals surface area contributed by atoms with Gasteiger partial charge in [0, 0.05) is 17.5 Å². The first-order chi connectivity index (χ1) is 12.7. The number of aryl methyl sites for hydroxylation is 2. The number of thiophene rings is 1. The van der Waals surface area contributed by atoms with E-state index in [-0.39, 0.29) is 11.5 Å². The molecule has 0 aliphatic rings. The van der Waals surface area contributed by atoms with Crippen molar-refractivity contribution in [2.45, 2.75) is 18.1 Å². The first-order valence-electron chi connectivity index (χ1n) is 7.99. The average molecular weight is 390 g/mol. The number of aromatic nitrogens is 3. The number of rotatable bonds is 9. The second-order valence-electron chi connectivity index (χ2n) is 5.41. The third-order valence-electron chi connectivity index (χ3n) is 3.80. The maximum atomic E-state index is 12.6. The van der Waals surface area contributed by atoms with Crippen LogP contribution in [0.25, 0.3) is 0 Å². The molecule has 136 valence electrons. The maximum Gasteiger partial charge on any atom is 0.191 e. The van der Waals surface area contributed by atoms with Crippen molar-refractivity contribution < 1.29 is 14.3 Å². The molecule has 0 unspecified atom stereocenters. The van der Waals surface area contributed by atoms with Gasteiger partial charge in [-0.15, -0.1) is 21.5 Å². The van der Waals surface area contributed by atoms with Crippen molar-refractivity contribution in [1.29, 1.82) is 0 Å². The molecule has 0 N–H and O–H groups in total. The maximum absolute atomic E-state index is 12.6. The Morgan fingerprint density at radius 3 is 2.88 bits per heavy atom. The summed E-state index contributed by atoms with van der Waals surface area (Å²) in [4.78, 5) is 13.9. The van der Waals surface area contributed by atoms with E-state index in [0.717, 1.165) is 18.1 Å². The number of thioether (sulfide) groups is 1. The van der Waals surface area contributed by atoms with Crippen LogP contribution in [-0.2, 0) is 13.0 Å². The van der Waals surface area contributed by atoms with Gasteiger partial charge in [0.1, 0.15) is 17.8 Å². The molecule has 26 heavy (non-hydrogen) atoms. The van der Waals surface area contributed by atoms with Crippen LogP contribution in [0.15, 0.2) is 47.2 Å². The van der Waals surface area contributed by atoms with Crippen molar-refractivity contribution in [2.24, 2.45) is 0 Å². The standard InChI is InChI=1S/C18H19N3O3S2/c1-23-13-5-6-15(17(10-13)24-2)16(22)11-26-18-20-19-12-21(18)8-7-14-4-3-9-25-14/h3-6,9-10,12H,7-8,11H2,1-2H3. The van der Waals surface area contributed by atoms with Crippen LogP contribution in [0.5, 0.6) is 11.5 Å². The van der Waals surface area contributed by atoms with E-state index in [2.05, 4.69) is 21.6 Å². The summed E-state index contributed by atoms with van der Waals surface area (Å²) in [7, 11) is 3.12. The highest BCUT2D eigenvalue weighted by molar-refractivity contribution is 7.99. The molecule has 6 nitrogen and oxygen atoms in total. The Hall–Kier alpha value is -2.32. The van der Waals surface area contributed by atoms with Gasteiger partial charge in [0.25, 0.3) is 0 Å². The molecule has 0 aliphatic carbocycles. The zero-order chi connectivity index (χ0) is 18.4. The zero-order valence-corrected chi connectivity index (χ0v) is 16.2. The summed E-state index contributed by atoms with van der Waals surface area (Å²) in [6.07, 6.45) is 2.62. The van der Waals surface area contributed by atoms with Crippen molar-refractivity contribution in [2.75, 3.05) is 20.0 Å². The SMILES string of the molecule is COc1ccc(C(=O)CSc2nncn2CCc2cccs2)c(OC)c1. The first kappa shape index (κ1) is 18.5. The quantitative estimate of drug-likeness (QED) is 0.412. The summed E-state index contributed by atoms with van der Waals surface area (Å²) < 4.78 is 12.4. The fraction of sp³-hybridized carbons (Fsp3) is 0.278. The number of Topliss-reactive ketones (excluding diaryl/α,β-unsaturated/α-hetero) is 1. The Balaban J connectivity index is 1.62. The van der Waals surface area contributed by atoms with Crippen LogP contribution in [0, 0.1) is 0 Å². The molecule has 3 aromatic rings. The molecule has 0 spiro atoms. The minimum Gasteiger partial charge on any atom is -0.497 e. The molecule has 0 fully saturated rings. The second-order valence-corrected chi connectivity index (χ2v) is 7.39. The molecule has 3 rings (SSSR count). The van der Waals surface area contributed by atoms with Gasteiger partial charge in [-0.3, -0.25) is 4.79 Å². The second kappa shape index (κ2) is 8.86. The van der Waals surface area contributed by atoms with Gasteiger partial charge in [0.15, 0.2) is 10.9 Å². The molecule has 0 saturated heterocycles. The molecule has 2 heterocycles. The van der Waals surface area contributed by atoms with Crippen molar-refractivity contribution in [1.82, 2.24) is 14.8 Å². The van der Waals surface area contributed by atoms with Crippen LogP contribution < -0.4 is 9.47 Å². The topological polar surface area (TPSA) is 66.2 Å². The van der Waals surface area contributed by atoms with Crippen LogP contribution >= 0.6 is 23.1 Å². The van der Waals surface area contributed by atoms with Crippen LogP contribution in [0.3, 0.4) is 0 Å². The third kappa shape index (κ3) is 4.44. The lowest BCUT2D eigenvalue weighted by Crippen LogP contribution is -2.07. The highest BCUT2D eigenvalue weighted by Gasteiger charge is 2.15. The van der Waals surface area contributed by atoms with Crippen molar-refractivity contribution in [3.63, 3.8) is 0 Å². The number of ether oxygens (including phenoxy) is 2. The van der Waals surface area contributed by atoms with E-state index in [1.807, 2.05) is 10.6 Å². The lowest BCUT2D eigenvalue weighted by Gasteiger charge is -2.09. The molecule has 1 aromatic carbocycles. The van der Waals surface area contributed by atoms with E-state index < -0.39 is 0 Å². The first-order valence-corrected chi connectivity index (χ1v) is 9.86. The highest BCUT2D eigenvalue weighted by Crippen LogP contribution is 2.27. The predicted octanol–water partition coefficient (Wildman–Crippen LogP) is 3.57. The Morgan fingerprint density at radius 1 is 1.27 bits per heavy atom. The summed E-state index contributed by atoms with van der Waals surface area (Å²) in [6, 6.07) is 9.34. The van der Waals surface area contributed by atoms with Gasteiger partial charge >= 0.3 is 0 Å². The fourth-order valence-electron chi connectivity index (χ4n) is 2.43. The fourth-order valence-corrected chi connectivity index (χ4v) is 3.95. The van der Waals surface area contributed by atoms with Gasteiger partial charge in [-0.2, -0.15) is 0 Å². The molecule has 0 bridgehead atoms. The Bertz CT molecular complexity index is 862. The van der Waals surface area contributed by atoms with Gasteiger partial charge < -0.3 is 14.0 Å². The summed E-state index contributed by atoms with van der Waals surface area (Å²) in [5.74, 6) is 1.40. The monoisotopic (exact) mass is 389 g/mol. The summed E-state index contributed by atoms with van der Waals surface area (Å²) >= 11 is 3.11. The largest absolute Gasteiger partial charge is 0.497 e. The molecule has 8 heteroatoms. The van der Waals surface area contributed by atoms with Crippen LogP contribution in [0.1, 0.15) is 15.2 Å². The van der Waals surface area contributed by atoms with Crippen molar-refractivity contribution in [3.05, 3.63) is 52.5 Å².